The van der Waals surface area contributed by atoms with Crippen LogP contribution in [0, 0.1) is 0 Å². The number of fused-ring (bicyclic) bond motifs is 1. The molecule has 0 N–H and O–H groups in total. The Morgan fingerprint density at radius 2 is 1.87 bits per heavy atom. The minimum atomic E-state index is -0.184. The quantitative estimate of drug-likeness (QED) is 0.285. The van der Waals surface area contributed by atoms with E-state index in [0.717, 1.165) is 12.8 Å². The molecule has 4 aromatic rings. The Hall–Kier alpha value is -3.13. The summed E-state index contributed by atoms with van der Waals surface area (Å²) in [6.07, 6.45) is 1.71. The maximum absolute atomic E-state index is 13.5. The van der Waals surface area contributed by atoms with Crippen molar-refractivity contribution in [2.75, 3.05) is 6.61 Å². The third-order valence-electron chi connectivity index (χ3n) is 4.74. The first kappa shape index (κ1) is 21.1. The van der Waals surface area contributed by atoms with Crippen molar-refractivity contribution in [1.29, 1.82) is 0 Å². The number of benzene rings is 2. The largest absolute Gasteiger partial charge is 0.492 e. The summed E-state index contributed by atoms with van der Waals surface area (Å²) in [5, 5.41) is 4.95. The van der Waals surface area contributed by atoms with Gasteiger partial charge in [-0.05, 0) is 44.5 Å². The summed E-state index contributed by atoms with van der Waals surface area (Å²) < 4.78 is 12.9. The number of hydrogen-bond donors (Lipinski definition) is 0. The molecule has 0 amide bonds. The van der Waals surface area contributed by atoms with E-state index >= 15 is 0 Å². The van der Waals surface area contributed by atoms with Gasteiger partial charge in [-0.15, -0.1) is 0 Å². The molecule has 0 bridgehead atoms. The van der Waals surface area contributed by atoms with Crippen LogP contribution in [0.25, 0.3) is 16.6 Å². The standard InChI is InChI=1S/C23H24N4O3S/c1-4-10-20-25-21(30-26-20)15(3)31-23-24-17-12-7-6-11-16(17)22(28)27(23)18-13-8-9-14-19(18)29-5-2/h6-9,11-15H,4-5,10H2,1-3H3. The average molecular weight is 437 g/mol. The molecule has 0 saturated carbocycles. The number of nitrogens with zero attached hydrogens (tertiary/aromatic N) is 4. The topological polar surface area (TPSA) is 83.0 Å². The Labute approximate surface area is 184 Å². The Balaban J connectivity index is 1.84. The summed E-state index contributed by atoms with van der Waals surface area (Å²) in [7, 11) is 0. The van der Waals surface area contributed by atoms with Crippen LogP contribution in [0.1, 0.15) is 44.2 Å². The van der Waals surface area contributed by atoms with Crippen molar-refractivity contribution >= 4 is 22.7 Å². The molecule has 8 heteroatoms. The monoisotopic (exact) mass is 436 g/mol. The molecule has 7 nitrogen and oxygen atoms in total. The first-order valence-electron chi connectivity index (χ1n) is 10.4. The van der Waals surface area contributed by atoms with Gasteiger partial charge in [0.25, 0.3) is 5.56 Å². The highest BCUT2D eigenvalue weighted by Gasteiger charge is 2.22. The van der Waals surface area contributed by atoms with E-state index in [4.69, 9.17) is 14.2 Å². The highest BCUT2D eigenvalue weighted by Crippen LogP contribution is 2.35. The lowest BCUT2D eigenvalue weighted by Gasteiger charge is -2.17. The average Bonchev–Trinajstić information content (AvgIpc) is 3.24. The summed E-state index contributed by atoms with van der Waals surface area (Å²) >= 11 is 1.41. The van der Waals surface area contributed by atoms with Gasteiger partial charge in [0, 0.05) is 6.42 Å². The molecular weight excluding hydrogens is 412 g/mol. The first-order valence-corrected chi connectivity index (χ1v) is 11.2. The van der Waals surface area contributed by atoms with Crippen LogP contribution in [0.4, 0.5) is 0 Å². The van der Waals surface area contributed by atoms with Crippen molar-refractivity contribution in [2.45, 2.75) is 44.0 Å². The summed E-state index contributed by atoms with van der Waals surface area (Å²) in [6.45, 7) is 6.45. The normalized spacial score (nSPS) is 12.2. The van der Waals surface area contributed by atoms with Crippen molar-refractivity contribution in [1.82, 2.24) is 19.7 Å². The van der Waals surface area contributed by atoms with Gasteiger partial charge in [-0.1, -0.05) is 48.1 Å². The van der Waals surface area contributed by atoms with E-state index in [0.29, 0.717) is 45.8 Å². The molecule has 4 rings (SSSR count). The van der Waals surface area contributed by atoms with Gasteiger partial charge >= 0.3 is 0 Å². The van der Waals surface area contributed by atoms with Crippen LogP contribution in [0.3, 0.4) is 0 Å². The molecule has 31 heavy (non-hydrogen) atoms. The summed E-state index contributed by atoms with van der Waals surface area (Å²) in [5.41, 5.74) is 1.15. The molecule has 0 saturated heterocycles. The molecule has 0 aliphatic carbocycles. The minimum absolute atomic E-state index is 0.148. The molecule has 2 aromatic heterocycles. The lowest BCUT2D eigenvalue weighted by Crippen LogP contribution is -2.22. The Kier molecular flexibility index (Phi) is 6.36. The van der Waals surface area contributed by atoms with Crippen LogP contribution in [0.5, 0.6) is 5.75 Å². The highest BCUT2D eigenvalue weighted by atomic mass is 32.2. The van der Waals surface area contributed by atoms with Gasteiger partial charge in [0.1, 0.15) is 5.75 Å². The molecule has 0 fully saturated rings. The highest BCUT2D eigenvalue weighted by molar-refractivity contribution is 7.99. The van der Waals surface area contributed by atoms with Crippen LogP contribution in [0.2, 0.25) is 0 Å². The van der Waals surface area contributed by atoms with E-state index in [2.05, 4.69) is 17.1 Å². The molecule has 1 atom stereocenters. The van der Waals surface area contributed by atoms with Crippen LogP contribution >= 0.6 is 11.8 Å². The first-order chi connectivity index (χ1) is 15.1. The fourth-order valence-electron chi connectivity index (χ4n) is 3.29. The zero-order chi connectivity index (χ0) is 21.8. The molecule has 0 aliphatic rings. The van der Waals surface area contributed by atoms with Gasteiger partial charge in [-0.25, -0.2) is 4.98 Å². The molecule has 0 spiro atoms. The summed E-state index contributed by atoms with van der Waals surface area (Å²) in [5.74, 6) is 1.83. The SMILES string of the molecule is CCCc1noc(C(C)Sc2nc3ccccc3c(=O)n2-c2ccccc2OCC)n1. The van der Waals surface area contributed by atoms with E-state index in [1.165, 1.54) is 11.8 Å². The summed E-state index contributed by atoms with van der Waals surface area (Å²) in [6, 6.07) is 14.8. The Bertz CT molecular complexity index is 1250. The van der Waals surface area contributed by atoms with E-state index in [1.807, 2.05) is 56.3 Å². The lowest BCUT2D eigenvalue weighted by atomic mass is 10.2. The van der Waals surface area contributed by atoms with E-state index in [-0.39, 0.29) is 10.8 Å². The van der Waals surface area contributed by atoms with E-state index < -0.39 is 0 Å². The fourth-order valence-corrected chi connectivity index (χ4v) is 4.24. The number of rotatable bonds is 8. The summed E-state index contributed by atoms with van der Waals surface area (Å²) in [4.78, 5) is 22.8. The van der Waals surface area contributed by atoms with Gasteiger partial charge in [-0.2, -0.15) is 4.98 Å². The van der Waals surface area contributed by atoms with Crippen LogP contribution in [-0.2, 0) is 6.42 Å². The lowest BCUT2D eigenvalue weighted by molar-refractivity contribution is 0.338. The number of hydrogen-bond acceptors (Lipinski definition) is 7. The van der Waals surface area contributed by atoms with Crippen molar-refractivity contribution in [3.8, 4) is 11.4 Å². The second-order valence-corrected chi connectivity index (χ2v) is 8.32. The Morgan fingerprint density at radius 3 is 2.68 bits per heavy atom. The zero-order valence-corrected chi connectivity index (χ0v) is 18.6. The van der Waals surface area contributed by atoms with Crippen LogP contribution < -0.4 is 10.3 Å². The van der Waals surface area contributed by atoms with Gasteiger partial charge in [0.2, 0.25) is 5.89 Å². The predicted octanol–water partition coefficient (Wildman–Crippen LogP) is 4.97. The zero-order valence-electron chi connectivity index (χ0n) is 17.7. The number of aryl methyl sites for hydroxylation is 1. The second-order valence-electron chi connectivity index (χ2n) is 7.01. The predicted molar refractivity (Wildman–Crippen MR) is 121 cm³/mol. The van der Waals surface area contributed by atoms with E-state index in [9.17, 15) is 4.79 Å². The smallest absolute Gasteiger partial charge is 0.266 e. The molecule has 2 aromatic carbocycles. The molecule has 2 heterocycles. The number of ether oxygens (including phenoxy) is 1. The van der Waals surface area contributed by atoms with Crippen molar-refractivity contribution in [3.63, 3.8) is 0 Å². The molecular formula is C23H24N4O3S. The van der Waals surface area contributed by atoms with Gasteiger partial charge in [-0.3, -0.25) is 9.36 Å². The maximum atomic E-state index is 13.5. The van der Waals surface area contributed by atoms with Gasteiger partial charge in [0.05, 0.1) is 28.4 Å². The van der Waals surface area contributed by atoms with Crippen LogP contribution in [-0.4, -0.2) is 26.3 Å². The van der Waals surface area contributed by atoms with Gasteiger partial charge in [0.15, 0.2) is 11.0 Å². The third-order valence-corrected chi connectivity index (χ3v) is 5.78. The fraction of sp³-hybridized carbons (Fsp3) is 0.304. The minimum Gasteiger partial charge on any atom is -0.492 e. The van der Waals surface area contributed by atoms with Gasteiger partial charge < -0.3 is 9.26 Å². The number of aromatic nitrogens is 4. The molecule has 0 aliphatic heterocycles. The Morgan fingerprint density at radius 1 is 1.10 bits per heavy atom. The second kappa shape index (κ2) is 9.34. The maximum Gasteiger partial charge on any atom is 0.266 e. The molecule has 160 valence electrons. The van der Waals surface area contributed by atoms with Crippen molar-refractivity contribution < 1.29 is 9.26 Å². The van der Waals surface area contributed by atoms with Crippen LogP contribution in [0.15, 0.2) is 63.0 Å². The molecule has 1 unspecified atom stereocenters. The van der Waals surface area contributed by atoms with Crippen molar-refractivity contribution in [2.24, 2.45) is 0 Å². The van der Waals surface area contributed by atoms with Crippen molar-refractivity contribution in [3.05, 3.63) is 70.6 Å². The van der Waals surface area contributed by atoms with E-state index in [1.54, 1.807) is 10.6 Å². The number of para-hydroxylation sites is 3. The number of thioether (sulfide) groups is 1. The third kappa shape index (κ3) is 4.34. The molecule has 0 radical (unpaired) electrons.